The second-order valence-electron chi connectivity index (χ2n) is 9.48. The van der Waals surface area contributed by atoms with Crippen LogP contribution in [0.1, 0.15) is 53.7 Å². The number of rotatable bonds is 4. The molecule has 31 heavy (non-hydrogen) atoms. The van der Waals surface area contributed by atoms with Gasteiger partial charge in [-0.05, 0) is 49.1 Å². The van der Waals surface area contributed by atoms with Gasteiger partial charge in [0.15, 0.2) is 0 Å². The van der Waals surface area contributed by atoms with E-state index in [4.69, 9.17) is 9.15 Å². The van der Waals surface area contributed by atoms with Gasteiger partial charge < -0.3 is 19.0 Å². The van der Waals surface area contributed by atoms with Gasteiger partial charge in [0.2, 0.25) is 11.8 Å². The van der Waals surface area contributed by atoms with Gasteiger partial charge in [-0.1, -0.05) is 18.2 Å². The summed E-state index contributed by atoms with van der Waals surface area (Å²) in [4.78, 5) is 17.6. The van der Waals surface area contributed by atoms with Crippen LogP contribution in [-0.4, -0.2) is 71.8 Å². The fraction of sp³-hybridized carbons (Fsp3) is 0.625. The molecule has 1 aromatic carbocycles. The third kappa shape index (κ3) is 4.26. The van der Waals surface area contributed by atoms with Crippen LogP contribution in [0.4, 0.5) is 0 Å². The van der Waals surface area contributed by atoms with Gasteiger partial charge in [0.1, 0.15) is 0 Å². The normalized spacial score (nSPS) is 24.7. The van der Waals surface area contributed by atoms with Gasteiger partial charge in [0.25, 0.3) is 5.91 Å². The lowest BCUT2D eigenvalue weighted by atomic mass is 9.70. The smallest absolute Gasteiger partial charge is 0.253 e. The predicted molar refractivity (Wildman–Crippen MR) is 116 cm³/mol. The molecule has 1 atom stereocenters. The number of piperidine rings is 1. The van der Waals surface area contributed by atoms with E-state index in [0.717, 1.165) is 83.1 Å². The molecule has 3 aliphatic rings. The molecule has 5 rings (SSSR count). The van der Waals surface area contributed by atoms with Gasteiger partial charge in [-0.25, -0.2) is 0 Å². The third-order valence-electron chi connectivity index (χ3n) is 7.48. The molecule has 0 aliphatic carbocycles. The minimum absolute atomic E-state index is 0.0948. The molecule has 0 N–H and O–H groups in total. The van der Waals surface area contributed by atoms with Crippen molar-refractivity contribution < 1.29 is 13.9 Å². The number of benzene rings is 1. The molecule has 4 heterocycles. The van der Waals surface area contributed by atoms with E-state index in [1.54, 1.807) is 0 Å². The minimum Gasteiger partial charge on any atom is -0.425 e. The first-order valence-corrected chi connectivity index (χ1v) is 11.6. The van der Waals surface area contributed by atoms with Gasteiger partial charge in [-0.3, -0.25) is 4.79 Å². The van der Waals surface area contributed by atoms with E-state index >= 15 is 0 Å². The molecular weight excluding hydrogens is 392 g/mol. The van der Waals surface area contributed by atoms with Crippen LogP contribution in [0, 0.1) is 18.3 Å². The van der Waals surface area contributed by atoms with Crippen molar-refractivity contribution in [3.63, 3.8) is 0 Å². The lowest BCUT2D eigenvalue weighted by molar-refractivity contribution is 0.0474. The Morgan fingerprint density at radius 1 is 1.13 bits per heavy atom. The number of likely N-dealkylation sites (tertiary alicyclic amines) is 2. The fourth-order valence-corrected chi connectivity index (χ4v) is 5.72. The summed E-state index contributed by atoms with van der Waals surface area (Å²) in [5.74, 6) is 2.48. The molecule has 2 aromatic rings. The highest BCUT2D eigenvalue weighted by molar-refractivity contribution is 5.94. The number of hydrogen-bond donors (Lipinski definition) is 0. The number of aryl methyl sites for hydroxylation is 1. The number of aromatic nitrogens is 2. The molecule has 166 valence electrons. The molecule has 7 nitrogen and oxygen atoms in total. The molecule has 0 radical (unpaired) electrons. The average molecular weight is 425 g/mol. The Morgan fingerprint density at radius 2 is 1.87 bits per heavy atom. The van der Waals surface area contributed by atoms with Crippen LogP contribution in [0.15, 0.2) is 34.7 Å². The zero-order chi connectivity index (χ0) is 21.3. The first-order chi connectivity index (χ1) is 15.1. The third-order valence-corrected chi connectivity index (χ3v) is 7.48. The SMILES string of the molecule is Cc1nnc(C2CN(CC3CCOCC3)CC23CCN(C(=O)c2ccccc2)CC3)o1. The van der Waals surface area contributed by atoms with E-state index in [1.807, 2.05) is 42.2 Å². The van der Waals surface area contributed by atoms with E-state index in [0.29, 0.717) is 11.8 Å². The van der Waals surface area contributed by atoms with Crippen molar-refractivity contribution in [3.05, 3.63) is 47.7 Å². The zero-order valence-electron chi connectivity index (χ0n) is 18.3. The van der Waals surface area contributed by atoms with Crippen molar-refractivity contribution in [3.8, 4) is 0 Å². The summed E-state index contributed by atoms with van der Waals surface area (Å²) < 4.78 is 11.5. The highest BCUT2D eigenvalue weighted by Crippen LogP contribution is 2.49. The molecular formula is C24H32N4O3. The Hall–Kier alpha value is -2.25. The molecule has 1 unspecified atom stereocenters. The Kier molecular flexibility index (Phi) is 5.80. The number of amides is 1. The molecule has 0 saturated carbocycles. The maximum Gasteiger partial charge on any atom is 0.253 e. The van der Waals surface area contributed by atoms with Crippen molar-refractivity contribution in [1.82, 2.24) is 20.0 Å². The summed E-state index contributed by atoms with van der Waals surface area (Å²) in [5, 5.41) is 8.53. The van der Waals surface area contributed by atoms with Crippen LogP contribution in [0.5, 0.6) is 0 Å². The highest BCUT2D eigenvalue weighted by Gasteiger charge is 2.51. The Labute approximate surface area is 183 Å². The summed E-state index contributed by atoms with van der Waals surface area (Å²) in [6, 6.07) is 9.61. The Bertz CT molecular complexity index is 885. The van der Waals surface area contributed by atoms with Crippen molar-refractivity contribution in [2.45, 2.75) is 38.5 Å². The lowest BCUT2D eigenvalue weighted by Crippen LogP contribution is -2.46. The van der Waals surface area contributed by atoms with Crippen molar-refractivity contribution >= 4 is 5.91 Å². The lowest BCUT2D eigenvalue weighted by Gasteiger charge is -2.42. The van der Waals surface area contributed by atoms with Crippen LogP contribution in [-0.2, 0) is 4.74 Å². The molecule has 1 aromatic heterocycles. The topological polar surface area (TPSA) is 71.7 Å². The van der Waals surface area contributed by atoms with Gasteiger partial charge in [0, 0.05) is 58.4 Å². The number of ether oxygens (including phenoxy) is 1. The first kappa shape index (κ1) is 20.6. The summed E-state index contributed by atoms with van der Waals surface area (Å²) in [6.45, 7) is 8.31. The van der Waals surface area contributed by atoms with E-state index in [9.17, 15) is 4.79 Å². The van der Waals surface area contributed by atoms with Crippen LogP contribution >= 0.6 is 0 Å². The largest absolute Gasteiger partial charge is 0.425 e. The van der Waals surface area contributed by atoms with Crippen LogP contribution in [0.3, 0.4) is 0 Å². The zero-order valence-corrected chi connectivity index (χ0v) is 18.3. The van der Waals surface area contributed by atoms with Crippen LogP contribution < -0.4 is 0 Å². The second-order valence-corrected chi connectivity index (χ2v) is 9.48. The van der Waals surface area contributed by atoms with E-state index < -0.39 is 0 Å². The van der Waals surface area contributed by atoms with Crippen LogP contribution in [0.2, 0.25) is 0 Å². The molecule has 1 amide bonds. The summed E-state index contributed by atoms with van der Waals surface area (Å²) in [5.41, 5.74) is 0.868. The minimum atomic E-state index is 0.0948. The molecule has 3 aliphatic heterocycles. The maximum atomic E-state index is 12.9. The molecule has 7 heteroatoms. The quantitative estimate of drug-likeness (QED) is 0.751. The Balaban J connectivity index is 1.31. The number of carbonyl (C=O) groups is 1. The molecule has 0 bridgehead atoms. The van der Waals surface area contributed by atoms with E-state index in [-0.39, 0.29) is 17.2 Å². The average Bonchev–Trinajstić information content (AvgIpc) is 3.38. The monoisotopic (exact) mass is 424 g/mol. The van der Waals surface area contributed by atoms with Gasteiger partial charge >= 0.3 is 0 Å². The van der Waals surface area contributed by atoms with Gasteiger partial charge in [-0.2, -0.15) is 0 Å². The second kappa shape index (κ2) is 8.71. The highest BCUT2D eigenvalue weighted by atomic mass is 16.5. The van der Waals surface area contributed by atoms with E-state index in [2.05, 4.69) is 15.1 Å². The molecule has 3 saturated heterocycles. The van der Waals surface area contributed by atoms with Crippen molar-refractivity contribution in [2.75, 3.05) is 45.9 Å². The summed E-state index contributed by atoms with van der Waals surface area (Å²) >= 11 is 0. The molecule has 3 fully saturated rings. The van der Waals surface area contributed by atoms with Gasteiger partial charge in [-0.15, -0.1) is 10.2 Å². The summed E-state index contributed by atoms with van der Waals surface area (Å²) in [7, 11) is 0. The van der Waals surface area contributed by atoms with Gasteiger partial charge in [0.05, 0.1) is 5.92 Å². The summed E-state index contributed by atoms with van der Waals surface area (Å²) in [6.07, 6.45) is 4.24. The predicted octanol–water partition coefficient (Wildman–Crippen LogP) is 3.13. The maximum absolute atomic E-state index is 12.9. The standard InChI is InChI=1S/C24H32N4O3/c1-18-25-26-22(31-18)21-16-27(15-19-7-13-30-14-8-19)17-24(21)9-11-28(12-10-24)23(29)20-5-3-2-4-6-20/h2-6,19,21H,7-17H2,1H3. The first-order valence-electron chi connectivity index (χ1n) is 11.6. The number of hydrogen-bond acceptors (Lipinski definition) is 6. The van der Waals surface area contributed by atoms with Crippen molar-refractivity contribution in [2.24, 2.45) is 11.3 Å². The molecule has 1 spiro atoms. The Morgan fingerprint density at radius 3 is 2.55 bits per heavy atom. The fourth-order valence-electron chi connectivity index (χ4n) is 5.72. The number of nitrogens with zero attached hydrogens (tertiary/aromatic N) is 4. The van der Waals surface area contributed by atoms with Crippen LogP contribution in [0.25, 0.3) is 0 Å². The van der Waals surface area contributed by atoms with Crippen molar-refractivity contribution in [1.29, 1.82) is 0 Å². The van der Waals surface area contributed by atoms with E-state index in [1.165, 1.54) is 0 Å². The number of carbonyl (C=O) groups excluding carboxylic acids is 1.